The Morgan fingerprint density at radius 2 is 2.28 bits per heavy atom. The molecule has 1 rings (SSSR count). The largest absolute Gasteiger partial charge is 0.497 e. The molecule has 0 aliphatic rings. The molecular formula is C12H14FN3O2. The van der Waals surface area contributed by atoms with Gasteiger partial charge < -0.3 is 15.4 Å². The van der Waals surface area contributed by atoms with Gasteiger partial charge in [-0.2, -0.15) is 5.26 Å². The highest BCUT2D eigenvalue weighted by molar-refractivity contribution is 5.80. The van der Waals surface area contributed by atoms with E-state index in [0.717, 1.165) is 0 Å². The first-order valence-electron chi connectivity index (χ1n) is 5.38. The third-order valence-electron chi connectivity index (χ3n) is 2.12. The van der Waals surface area contributed by atoms with Crippen LogP contribution in [0.3, 0.4) is 0 Å². The van der Waals surface area contributed by atoms with Gasteiger partial charge in [-0.3, -0.25) is 4.79 Å². The lowest BCUT2D eigenvalue weighted by atomic mass is 10.3. The smallest absolute Gasteiger partial charge is 0.239 e. The molecule has 1 amide bonds. The van der Waals surface area contributed by atoms with Gasteiger partial charge in [-0.05, 0) is 6.07 Å². The maximum Gasteiger partial charge on any atom is 0.239 e. The van der Waals surface area contributed by atoms with Crippen molar-refractivity contribution in [1.29, 1.82) is 5.26 Å². The lowest BCUT2D eigenvalue weighted by Crippen LogP contribution is -2.30. The number of rotatable bonds is 6. The lowest BCUT2D eigenvalue weighted by molar-refractivity contribution is -0.119. The Bertz CT molecular complexity index is 457. The minimum atomic E-state index is -0.443. The van der Waals surface area contributed by atoms with E-state index in [4.69, 9.17) is 10.00 Å². The van der Waals surface area contributed by atoms with Gasteiger partial charge in [0.25, 0.3) is 0 Å². The highest BCUT2D eigenvalue weighted by Gasteiger charge is 2.03. The Morgan fingerprint density at radius 3 is 2.94 bits per heavy atom. The normalized spacial score (nSPS) is 9.39. The zero-order chi connectivity index (χ0) is 13.4. The summed E-state index contributed by atoms with van der Waals surface area (Å²) in [5.74, 6) is -0.322. The van der Waals surface area contributed by atoms with Crippen molar-refractivity contribution in [2.24, 2.45) is 0 Å². The molecule has 0 spiro atoms. The number of halogens is 1. The molecule has 0 bridgehead atoms. The summed E-state index contributed by atoms with van der Waals surface area (Å²) in [6.07, 6.45) is 0.263. The number of hydrogen-bond acceptors (Lipinski definition) is 4. The van der Waals surface area contributed by atoms with Gasteiger partial charge in [0.2, 0.25) is 5.91 Å². The van der Waals surface area contributed by atoms with Crippen LogP contribution in [0.5, 0.6) is 5.75 Å². The van der Waals surface area contributed by atoms with E-state index in [0.29, 0.717) is 18.0 Å². The van der Waals surface area contributed by atoms with Gasteiger partial charge in [0.1, 0.15) is 11.6 Å². The van der Waals surface area contributed by atoms with Crippen molar-refractivity contribution >= 4 is 11.6 Å². The van der Waals surface area contributed by atoms with Crippen LogP contribution in [0.15, 0.2) is 18.2 Å². The quantitative estimate of drug-likeness (QED) is 0.747. The second-order valence-corrected chi connectivity index (χ2v) is 3.49. The molecule has 5 nitrogen and oxygen atoms in total. The van der Waals surface area contributed by atoms with Crippen molar-refractivity contribution in [2.75, 3.05) is 25.5 Å². The fourth-order valence-corrected chi connectivity index (χ4v) is 1.29. The molecule has 0 saturated carbocycles. The number of ether oxygens (including phenoxy) is 1. The molecule has 0 fully saturated rings. The molecule has 2 N–H and O–H groups in total. The molecule has 0 atom stereocenters. The number of nitriles is 1. The summed E-state index contributed by atoms with van der Waals surface area (Å²) in [6, 6.07) is 6.02. The lowest BCUT2D eigenvalue weighted by Gasteiger charge is -2.08. The maximum atomic E-state index is 13.1. The van der Waals surface area contributed by atoms with Crippen molar-refractivity contribution < 1.29 is 13.9 Å². The van der Waals surface area contributed by atoms with Crippen LogP contribution < -0.4 is 15.4 Å². The standard InChI is InChI=1S/C12H14FN3O2/c1-18-11-6-9(13)5-10(7-11)16-8-12(17)15-4-2-3-14/h5-7,16H,2,4,8H2,1H3,(H,15,17). The van der Waals surface area contributed by atoms with Crippen molar-refractivity contribution in [3.8, 4) is 11.8 Å². The molecule has 0 saturated heterocycles. The number of methoxy groups -OCH3 is 1. The zero-order valence-electron chi connectivity index (χ0n) is 10.00. The number of amides is 1. The fourth-order valence-electron chi connectivity index (χ4n) is 1.29. The molecule has 6 heteroatoms. The van der Waals surface area contributed by atoms with E-state index in [9.17, 15) is 9.18 Å². The van der Waals surface area contributed by atoms with E-state index in [1.807, 2.05) is 6.07 Å². The van der Waals surface area contributed by atoms with E-state index in [-0.39, 0.29) is 18.9 Å². The topological polar surface area (TPSA) is 74.2 Å². The highest BCUT2D eigenvalue weighted by atomic mass is 19.1. The van der Waals surface area contributed by atoms with E-state index in [1.54, 1.807) is 6.07 Å². The Kier molecular flexibility index (Phi) is 5.45. The van der Waals surface area contributed by atoms with Gasteiger partial charge in [-0.15, -0.1) is 0 Å². The third-order valence-corrected chi connectivity index (χ3v) is 2.12. The number of anilines is 1. The molecule has 1 aromatic rings. The molecular weight excluding hydrogens is 237 g/mol. The molecule has 0 unspecified atom stereocenters. The van der Waals surface area contributed by atoms with Gasteiger partial charge in [0.15, 0.2) is 0 Å². The Balaban J connectivity index is 2.45. The first-order valence-corrected chi connectivity index (χ1v) is 5.38. The van der Waals surface area contributed by atoms with Crippen LogP contribution in [0, 0.1) is 17.1 Å². The van der Waals surface area contributed by atoms with E-state index < -0.39 is 5.82 Å². The minimum absolute atomic E-state index is 0.0119. The third kappa shape index (κ3) is 4.70. The zero-order valence-corrected chi connectivity index (χ0v) is 10.00. The van der Waals surface area contributed by atoms with Crippen molar-refractivity contribution in [1.82, 2.24) is 5.32 Å². The Hall–Kier alpha value is -2.29. The first kappa shape index (κ1) is 13.8. The van der Waals surface area contributed by atoms with Gasteiger partial charge in [-0.25, -0.2) is 4.39 Å². The summed E-state index contributed by atoms with van der Waals surface area (Å²) < 4.78 is 18.0. The van der Waals surface area contributed by atoms with Crippen molar-refractivity contribution in [3.63, 3.8) is 0 Å². The van der Waals surface area contributed by atoms with Gasteiger partial charge in [0, 0.05) is 24.4 Å². The monoisotopic (exact) mass is 251 g/mol. The van der Waals surface area contributed by atoms with Crippen LogP contribution in [0.2, 0.25) is 0 Å². The van der Waals surface area contributed by atoms with Gasteiger partial charge >= 0.3 is 0 Å². The second-order valence-electron chi connectivity index (χ2n) is 3.49. The highest BCUT2D eigenvalue weighted by Crippen LogP contribution is 2.19. The summed E-state index contributed by atoms with van der Waals surface area (Å²) >= 11 is 0. The number of nitrogens with one attached hydrogen (secondary N) is 2. The summed E-state index contributed by atoms with van der Waals surface area (Å²) in [5, 5.41) is 13.6. The number of carbonyl (C=O) groups excluding carboxylic acids is 1. The van der Waals surface area contributed by atoms with Crippen molar-refractivity contribution in [2.45, 2.75) is 6.42 Å². The van der Waals surface area contributed by atoms with Gasteiger partial charge in [-0.1, -0.05) is 0 Å². The average molecular weight is 251 g/mol. The average Bonchev–Trinajstić information content (AvgIpc) is 2.36. The van der Waals surface area contributed by atoms with Crippen molar-refractivity contribution in [3.05, 3.63) is 24.0 Å². The molecule has 0 aliphatic heterocycles. The van der Waals surface area contributed by atoms with E-state index in [1.165, 1.54) is 19.2 Å². The summed E-state index contributed by atoms with van der Waals surface area (Å²) in [4.78, 5) is 11.3. The molecule has 18 heavy (non-hydrogen) atoms. The molecule has 96 valence electrons. The van der Waals surface area contributed by atoms with E-state index in [2.05, 4.69) is 10.6 Å². The Labute approximate surface area is 105 Å². The van der Waals surface area contributed by atoms with Crippen LogP contribution >= 0.6 is 0 Å². The number of nitrogens with zero attached hydrogens (tertiary/aromatic N) is 1. The first-order chi connectivity index (χ1) is 8.65. The predicted molar refractivity (Wildman–Crippen MR) is 64.7 cm³/mol. The molecule has 1 aromatic carbocycles. The van der Waals surface area contributed by atoms with Crippen LogP contribution in [0.4, 0.5) is 10.1 Å². The Morgan fingerprint density at radius 1 is 1.50 bits per heavy atom. The van der Waals surface area contributed by atoms with Crippen LogP contribution in [-0.2, 0) is 4.79 Å². The fraction of sp³-hybridized carbons (Fsp3) is 0.333. The summed E-state index contributed by atoms with van der Waals surface area (Å²) in [6.45, 7) is 0.321. The molecule has 0 aromatic heterocycles. The van der Waals surface area contributed by atoms with E-state index >= 15 is 0 Å². The van der Waals surface area contributed by atoms with Crippen LogP contribution in [0.25, 0.3) is 0 Å². The predicted octanol–water partition coefficient (Wildman–Crippen LogP) is 1.28. The van der Waals surface area contributed by atoms with Crippen LogP contribution in [0.1, 0.15) is 6.42 Å². The SMILES string of the molecule is COc1cc(F)cc(NCC(=O)NCCC#N)c1. The minimum Gasteiger partial charge on any atom is -0.497 e. The second kappa shape index (κ2) is 7.12. The molecule has 0 heterocycles. The molecule has 0 aliphatic carbocycles. The van der Waals surface area contributed by atoms with Gasteiger partial charge in [0.05, 0.1) is 26.1 Å². The summed E-state index contributed by atoms with van der Waals surface area (Å²) in [5.41, 5.74) is 0.460. The number of hydrogen-bond donors (Lipinski definition) is 2. The maximum absolute atomic E-state index is 13.1. The number of benzene rings is 1. The van der Waals surface area contributed by atoms with Crippen LogP contribution in [-0.4, -0.2) is 26.1 Å². The number of carbonyl (C=O) groups is 1. The summed E-state index contributed by atoms with van der Waals surface area (Å²) in [7, 11) is 1.44. The molecule has 0 radical (unpaired) electrons.